The van der Waals surface area contributed by atoms with Gasteiger partial charge < -0.3 is 14.4 Å². The zero-order valence-electron chi connectivity index (χ0n) is 11.6. The molecule has 7 nitrogen and oxygen atoms in total. The van der Waals surface area contributed by atoms with Gasteiger partial charge in [-0.25, -0.2) is 18.1 Å². The van der Waals surface area contributed by atoms with E-state index in [2.05, 4.69) is 9.71 Å². The Morgan fingerprint density at radius 2 is 2.05 bits per heavy atom. The Kier molecular flexibility index (Phi) is 4.94. The third-order valence-corrected chi connectivity index (χ3v) is 4.25. The number of aromatic nitrogens is 2. The van der Waals surface area contributed by atoms with Gasteiger partial charge >= 0.3 is 0 Å². The number of ether oxygens (including phenoxy) is 1. The first-order valence-electron chi connectivity index (χ1n) is 6.32. The topological polar surface area (TPSA) is 93.5 Å². The van der Waals surface area contributed by atoms with Crippen molar-refractivity contribution in [2.75, 3.05) is 13.2 Å². The molecule has 0 saturated carbocycles. The Labute approximate surface area is 123 Å². The molecular formula is C13H17N3O4S. The van der Waals surface area contributed by atoms with Crippen molar-refractivity contribution in [3.63, 3.8) is 0 Å². The van der Waals surface area contributed by atoms with Crippen LogP contribution in [-0.2, 0) is 23.6 Å². The first-order valence-corrected chi connectivity index (χ1v) is 7.81. The Morgan fingerprint density at radius 3 is 2.62 bits per heavy atom. The third-order valence-electron chi connectivity index (χ3n) is 2.84. The number of hydrogen-bond acceptors (Lipinski definition) is 5. The molecule has 0 saturated heterocycles. The number of aliphatic hydroxyl groups excluding tert-OH is 1. The van der Waals surface area contributed by atoms with E-state index in [0.717, 1.165) is 0 Å². The van der Waals surface area contributed by atoms with Crippen molar-refractivity contribution >= 4 is 10.0 Å². The van der Waals surface area contributed by atoms with Crippen LogP contribution in [0.3, 0.4) is 0 Å². The van der Waals surface area contributed by atoms with E-state index in [-0.39, 0.29) is 24.7 Å². The fraction of sp³-hybridized carbons (Fsp3) is 0.308. The van der Waals surface area contributed by atoms with Gasteiger partial charge in [-0.2, -0.15) is 0 Å². The quantitative estimate of drug-likeness (QED) is 0.765. The van der Waals surface area contributed by atoms with E-state index in [1.165, 1.54) is 12.1 Å². The average Bonchev–Trinajstić information content (AvgIpc) is 2.89. The largest absolute Gasteiger partial charge is 0.491 e. The summed E-state index contributed by atoms with van der Waals surface area (Å²) >= 11 is 0. The summed E-state index contributed by atoms with van der Waals surface area (Å²) in [7, 11) is -1.80. The highest BCUT2D eigenvalue weighted by Gasteiger charge is 2.14. The molecule has 8 heteroatoms. The Balaban J connectivity index is 2.03. The summed E-state index contributed by atoms with van der Waals surface area (Å²) in [5.41, 5.74) is 0. The summed E-state index contributed by atoms with van der Waals surface area (Å²) in [5, 5.41) is 8.66. The number of benzene rings is 1. The van der Waals surface area contributed by atoms with Gasteiger partial charge in [-0.1, -0.05) is 0 Å². The van der Waals surface area contributed by atoms with Gasteiger partial charge in [-0.15, -0.1) is 0 Å². The summed E-state index contributed by atoms with van der Waals surface area (Å²) in [6, 6.07) is 6.00. The van der Waals surface area contributed by atoms with Crippen molar-refractivity contribution in [2.24, 2.45) is 7.05 Å². The van der Waals surface area contributed by atoms with Crippen LogP contribution in [0.4, 0.5) is 0 Å². The Hall–Kier alpha value is -1.90. The second-order valence-corrected chi connectivity index (χ2v) is 6.09. The Morgan fingerprint density at radius 1 is 1.33 bits per heavy atom. The number of rotatable bonds is 7. The monoisotopic (exact) mass is 311 g/mol. The minimum Gasteiger partial charge on any atom is -0.491 e. The van der Waals surface area contributed by atoms with Gasteiger partial charge in [0, 0.05) is 19.4 Å². The number of nitrogens with zero attached hydrogens (tertiary/aromatic N) is 2. The zero-order chi connectivity index (χ0) is 15.3. The van der Waals surface area contributed by atoms with Crippen LogP contribution in [0.1, 0.15) is 5.82 Å². The lowest BCUT2D eigenvalue weighted by molar-refractivity contribution is 0.201. The lowest BCUT2D eigenvalue weighted by Gasteiger charge is -2.08. The van der Waals surface area contributed by atoms with Gasteiger partial charge in [0.05, 0.1) is 18.0 Å². The molecule has 1 heterocycles. The van der Waals surface area contributed by atoms with Crippen molar-refractivity contribution < 1.29 is 18.3 Å². The molecule has 0 fully saturated rings. The number of aryl methyl sites for hydroxylation is 1. The lowest BCUT2D eigenvalue weighted by atomic mass is 10.3. The van der Waals surface area contributed by atoms with Gasteiger partial charge in [0.1, 0.15) is 18.2 Å². The zero-order valence-corrected chi connectivity index (χ0v) is 12.4. The van der Waals surface area contributed by atoms with E-state index < -0.39 is 10.0 Å². The Bertz CT molecular complexity index is 680. The predicted octanol–water partition coefficient (Wildman–Crippen LogP) is 0.270. The number of imidazole rings is 1. The standard InChI is InChI=1S/C13H17N3O4S/c1-16-7-6-14-13(16)10-15-21(18,19)12-4-2-11(3-5-12)20-9-8-17/h2-7,15,17H,8-10H2,1H3. The molecule has 2 aromatic rings. The molecule has 1 aromatic heterocycles. The van der Waals surface area contributed by atoms with Crippen LogP contribution >= 0.6 is 0 Å². The van der Waals surface area contributed by atoms with Crippen molar-refractivity contribution in [3.05, 3.63) is 42.5 Å². The average molecular weight is 311 g/mol. The van der Waals surface area contributed by atoms with Gasteiger partial charge in [0.15, 0.2) is 0 Å². The van der Waals surface area contributed by atoms with Gasteiger partial charge in [-0.3, -0.25) is 0 Å². The van der Waals surface area contributed by atoms with E-state index in [1.807, 2.05) is 0 Å². The normalized spacial score (nSPS) is 11.5. The summed E-state index contributed by atoms with van der Waals surface area (Å²) in [6.45, 7) is 0.198. The highest BCUT2D eigenvalue weighted by molar-refractivity contribution is 7.89. The maximum Gasteiger partial charge on any atom is 0.240 e. The molecule has 0 atom stereocenters. The summed E-state index contributed by atoms with van der Waals surface area (Å²) in [4.78, 5) is 4.20. The van der Waals surface area contributed by atoms with Crippen molar-refractivity contribution in [1.82, 2.24) is 14.3 Å². The summed E-state index contributed by atoms with van der Waals surface area (Å²) < 4.78 is 33.7. The van der Waals surface area contributed by atoms with Gasteiger partial charge in [0.2, 0.25) is 10.0 Å². The number of nitrogens with one attached hydrogen (secondary N) is 1. The lowest BCUT2D eigenvalue weighted by Crippen LogP contribution is -2.24. The number of aliphatic hydroxyl groups is 1. The molecule has 0 radical (unpaired) electrons. The van der Waals surface area contributed by atoms with Crippen LogP contribution < -0.4 is 9.46 Å². The molecule has 2 rings (SSSR count). The SMILES string of the molecule is Cn1ccnc1CNS(=O)(=O)c1ccc(OCCO)cc1. The first kappa shape index (κ1) is 15.5. The van der Waals surface area contributed by atoms with E-state index in [4.69, 9.17) is 9.84 Å². The molecule has 0 spiro atoms. The molecule has 21 heavy (non-hydrogen) atoms. The fourth-order valence-electron chi connectivity index (χ4n) is 1.69. The summed E-state index contributed by atoms with van der Waals surface area (Å²) in [5.74, 6) is 1.13. The third kappa shape index (κ3) is 4.03. The molecule has 114 valence electrons. The molecule has 2 N–H and O–H groups in total. The fourth-order valence-corrected chi connectivity index (χ4v) is 2.67. The van der Waals surface area contributed by atoms with Crippen LogP contribution in [0.2, 0.25) is 0 Å². The minimum absolute atomic E-state index is 0.0920. The summed E-state index contributed by atoms with van der Waals surface area (Å²) in [6.07, 6.45) is 3.36. The van der Waals surface area contributed by atoms with Crippen LogP contribution in [0.25, 0.3) is 0 Å². The van der Waals surface area contributed by atoms with Gasteiger partial charge in [0.25, 0.3) is 0 Å². The van der Waals surface area contributed by atoms with E-state index in [0.29, 0.717) is 11.6 Å². The number of sulfonamides is 1. The first-order chi connectivity index (χ1) is 10.0. The van der Waals surface area contributed by atoms with Crippen LogP contribution in [0.15, 0.2) is 41.6 Å². The van der Waals surface area contributed by atoms with Crippen LogP contribution in [-0.4, -0.2) is 36.3 Å². The molecule has 0 amide bonds. The van der Waals surface area contributed by atoms with Crippen molar-refractivity contribution in [2.45, 2.75) is 11.4 Å². The maximum absolute atomic E-state index is 12.1. The second kappa shape index (κ2) is 6.70. The van der Waals surface area contributed by atoms with E-state index in [1.54, 1.807) is 36.1 Å². The molecule has 1 aromatic carbocycles. The number of hydrogen-bond donors (Lipinski definition) is 2. The van der Waals surface area contributed by atoms with Crippen LogP contribution in [0.5, 0.6) is 5.75 Å². The van der Waals surface area contributed by atoms with E-state index >= 15 is 0 Å². The smallest absolute Gasteiger partial charge is 0.240 e. The molecular weight excluding hydrogens is 294 g/mol. The minimum atomic E-state index is -3.60. The molecule has 0 unspecified atom stereocenters. The molecule has 0 bridgehead atoms. The predicted molar refractivity (Wildman–Crippen MR) is 76.3 cm³/mol. The van der Waals surface area contributed by atoms with Crippen molar-refractivity contribution in [1.29, 1.82) is 0 Å². The second-order valence-electron chi connectivity index (χ2n) is 4.32. The molecule has 0 aliphatic carbocycles. The van der Waals surface area contributed by atoms with Crippen molar-refractivity contribution in [3.8, 4) is 5.75 Å². The molecule has 0 aliphatic heterocycles. The van der Waals surface area contributed by atoms with Gasteiger partial charge in [-0.05, 0) is 24.3 Å². The highest BCUT2D eigenvalue weighted by atomic mass is 32.2. The maximum atomic E-state index is 12.1. The van der Waals surface area contributed by atoms with Crippen LogP contribution in [0, 0.1) is 0 Å². The van der Waals surface area contributed by atoms with E-state index in [9.17, 15) is 8.42 Å². The highest BCUT2D eigenvalue weighted by Crippen LogP contribution is 2.16. The molecule has 0 aliphatic rings.